The maximum Gasteiger partial charge on any atom is 0.309 e. The van der Waals surface area contributed by atoms with Gasteiger partial charge in [-0.1, -0.05) is 45.7 Å². The zero-order valence-electron chi connectivity index (χ0n) is 22.1. The number of rotatable bonds is 3. The number of aliphatic hydroxyl groups excluding tert-OH is 2. The van der Waals surface area contributed by atoms with Gasteiger partial charge >= 0.3 is 5.97 Å². The number of Topliss-reactive ketones (excluding diaryl/α,β-unsaturated/α-hetero) is 1. The zero-order valence-corrected chi connectivity index (χ0v) is 23.7. The summed E-state index contributed by atoms with van der Waals surface area (Å²) in [7, 11) is 0. The van der Waals surface area contributed by atoms with Crippen LogP contribution in [-0.4, -0.2) is 57.0 Å². The van der Waals surface area contributed by atoms with E-state index in [1.807, 2.05) is 33.1 Å². The highest BCUT2D eigenvalue weighted by Crippen LogP contribution is 2.45. The van der Waals surface area contributed by atoms with Crippen LogP contribution in [0.25, 0.3) is 6.08 Å². The van der Waals surface area contributed by atoms with Gasteiger partial charge in [-0.25, -0.2) is 4.98 Å². The normalized spacial score (nSPS) is 36.8. The molecule has 2 fully saturated rings. The van der Waals surface area contributed by atoms with Gasteiger partial charge in [-0.3, -0.25) is 9.59 Å². The van der Waals surface area contributed by atoms with Crippen LogP contribution in [0.1, 0.15) is 83.8 Å². The average Bonchev–Trinajstić information content (AvgIpc) is 3.24. The Morgan fingerprint density at radius 2 is 2.00 bits per heavy atom. The molecule has 3 rings (SSSR count). The second-order valence-electron chi connectivity index (χ2n) is 11.1. The average molecular weight is 542 g/mol. The third-order valence-electron chi connectivity index (χ3n) is 7.90. The number of nitrogens with zero attached hydrogens (tertiary/aromatic N) is 1. The van der Waals surface area contributed by atoms with Crippen LogP contribution >= 0.6 is 22.9 Å². The molecule has 202 valence electrons. The Balaban J connectivity index is 1.87. The van der Waals surface area contributed by atoms with Crippen LogP contribution in [0.3, 0.4) is 0 Å². The van der Waals surface area contributed by atoms with Crippen LogP contribution in [-0.2, 0) is 19.1 Å². The molecule has 3 heterocycles. The molecule has 0 radical (unpaired) electrons. The van der Waals surface area contributed by atoms with Crippen molar-refractivity contribution in [2.45, 2.75) is 110 Å². The molecule has 0 aromatic carbocycles. The van der Waals surface area contributed by atoms with Crippen LogP contribution < -0.4 is 0 Å². The van der Waals surface area contributed by atoms with E-state index in [4.69, 9.17) is 21.1 Å². The minimum Gasteiger partial charge on any atom is -0.456 e. The van der Waals surface area contributed by atoms with Crippen molar-refractivity contribution in [1.29, 1.82) is 0 Å². The molecule has 7 atom stereocenters. The number of aromatic nitrogens is 1. The number of hydrogen-bond acceptors (Lipinski definition) is 8. The number of esters is 1. The van der Waals surface area contributed by atoms with E-state index in [2.05, 4.69) is 4.98 Å². The molecule has 2 aliphatic rings. The molecule has 2 N–H and O–H groups in total. The van der Waals surface area contributed by atoms with Crippen molar-refractivity contribution in [2.75, 3.05) is 0 Å². The Hall–Kier alpha value is -1.32. The number of thiazole rings is 1. The van der Waals surface area contributed by atoms with Crippen LogP contribution in [0, 0.1) is 24.2 Å². The van der Waals surface area contributed by atoms with Crippen molar-refractivity contribution in [3.8, 4) is 0 Å². The Kier molecular flexibility index (Phi) is 9.42. The lowest BCUT2D eigenvalue weighted by Crippen LogP contribution is -2.46. The SMILES string of the molecule is CCC1C(=O)C(C)(C)C(O)CC(=O)O[C@H](C(Cl)=Cc2csc(C)n2)C[C@H]2O[C@@]2(C)CCC[C@H](C)C1O. The number of aliphatic hydroxyl groups is 2. The van der Waals surface area contributed by atoms with Crippen LogP contribution in [0.4, 0.5) is 0 Å². The van der Waals surface area contributed by atoms with E-state index in [9.17, 15) is 19.8 Å². The van der Waals surface area contributed by atoms with Gasteiger partial charge in [-0.15, -0.1) is 11.3 Å². The van der Waals surface area contributed by atoms with Crippen molar-refractivity contribution in [3.63, 3.8) is 0 Å². The molecule has 9 heteroatoms. The van der Waals surface area contributed by atoms with Gasteiger partial charge in [0.2, 0.25) is 0 Å². The maximum absolute atomic E-state index is 13.4. The summed E-state index contributed by atoms with van der Waals surface area (Å²) in [4.78, 5) is 30.8. The number of carbonyl (C=O) groups excluding carboxylic acids is 2. The van der Waals surface area contributed by atoms with Crippen LogP contribution in [0.2, 0.25) is 0 Å². The van der Waals surface area contributed by atoms with Gasteiger partial charge in [0.05, 0.1) is 51.5 Å². The molecule has 3 unspecified atom stereocenters. The maximum atomic E-state index is 13.4. The van der Waals surface area contributed by atoms with Gasteiger partial charge in [0.1, 0.15) is 11.9 Å². The summed E-state index contributed by atoms with van der Waals surface area (Å²) in [6, 6.07) is 0. The predicted octanol–water partition coefficient (Wildman–Crippen LogP) is 5.04. The van der Waals surface area contributed by atoms with E-state index in [1.54, 1.807) is 19.9 Å². The van der Waals surface area contributed by atoms with Crippen molar-refractivity contribution in [2.24, 2.45) is 17.3 Å². The predicted molar refractivity (Wildman–Crippen MR) is 141 cm³/mol. The Labute approximate surface area is 223 Å². The number of carbonyl (C=O) groups is 2. The first kappa shape index (κ1) is 29.2. The lowest BCUT2D eigenvalue weighted by atomic mass is 9.71. The summed E-state index contributed by atoms with van der Waals surface area (Å²) < 4.78 is 11.8. The fourth-order valence-corrected chi connectivity index (χ4v) is 5.90. The van der Waals surface area contributed by atoms with E-state index in [1.165, 1.54) is 11.3 Å². The number of epoxide rings is 1. The fraction of sp³-hybridized carbons (Fsp3) is 0.741. The number of ketones is 1. The molecule has 0 aliphatic carbocycles. The molecular formula is C27H40ClNO6S. The largest absolute Gasteiger partial charge is 0.456 e. The highest BCUT2D eigenvalue weighted by Gasteiger charge is 2.53. The minimum absolute atomic E-state index is 0.0859. The van der Waals surface area contributed by atoms with Gasteiger partial charge in [-0.2, -0.15) is 0 Å². The molecule has 7 nitrogen and oxygen atoms in total. The molecular weight excluding hydrogens is 502 g/mol. The standard InChI is InChI=1S/C27H40ClNO6S/c1-7-18-24(32)15(2)9-8-10-27(6)22(35-27)12-20(19(28)11-17-14-36-16(3)29-17)34-23(31)13-21(30)26(4,5)25(18)33/h11,14-15,18,20-22,24,30,32H,7-10,12-13H2,1-6H3/t15-,18?,20-,21?,22+,24?,27-/m0/s1. The van der Waals surface area contributed by atoms with Crippen molar-refractivity contribution in [3.05, 3.63) is 21.1 Å². The summed E-state index contributed by atoms with van der Waals surface area (Å²) in [5.74, 6) is -1.61. The second-order valence-corrected chi connectivity index (χ2v) is 12.6. The number of aryl methyl sites for hydroxylation is 1. The zero-order chi connectivity index (χ0) is 26.8. The lowest BCUT2D eigenvalue weighted by molar-refractivity contribution is -0.154. The molecule has 0 amide bonds. The van der Waals surface area contributed by atoms with E-state index >= 15 is 0 Å². The summed E-state index contributed by atoms with van der Waals surface area (Å²) in [5.41, 5.74) is -0.902. The quantitative estimate of drug-likeness (QED) is 0.407. The van der Waals surface area contributed by atoms with Crippen LogP contribution in [0.15, 0.2) is 10.4 Å². The molecule has 36 heavy (non-hydrogen) atoms. The van der Waals surface area contributed by atoms with Gasteiger partial charge in [0, 0.05) is 17.7 Å². The van der Waals surface area contributed by atoms with E-state index in [0.29, 0.717) is 23.6 Å². The monoisotopic (exact) mass is 541 g/mol. The molecule has 1 aromatic heterocycles. The third-order valence-corrected chi connectivity index (χ3v) is 9.04. The molecule has 0 bridgehead atoms. The van der Waals surface area contributed by atoms with Crippen molar-refractivity contribution in [1.82, 2.24) is 4.98 Å². The number of fused-ring (bicyclic) bond motifs is 1. The Morgan fingerprint density at radius 3 is 2.61 bits per heavy atom. The highest BCUT2D eigenvalue weighted by molar-refractivity contribution is 7.09. The summed E-state index contributed by atoms with van der Waals surface area (Å²) >= 11 is 8.14. The van der Waals surface area contributed by atoms with E-state index in [0.717, 1.165) is 24.3 Å². The first-order valence-electron chi connectivity index (χ1n) is 12.9. The highest BCUT2D eigenvalue weighted by atomic mass is 35.5. The number of ether oxygens (including phenoxy) is 2. The van der Waals surface area contributed by atoms with Crippen molar-refractivity contribution >= 4 is 40.8 Å². The summed E-state index contributed by atoms with van der Waals surface area (Å²) in [5, 5.41) is 25.0. The van der Waals surface area contributed by atoms with E-state index < -0.39 is 35.6 Å². The van der Waals surface area contributed by atoms with Gasteiger partial charge in [0.25, 0.3) is 0 Å². The first-order valence-corrected chi connectivity index (χ1v) is 14.1. The minimum atomic E-state index is -1.27. The number of hydrogen-bond donors (Lipinski definition) is 2. The summed E-state index contributed by atoms with van der Waals surface area (Å²) in [6.07, 6.45) is 1.56. The van der Waals surface area contributed by atoms with Gasteiger partial charge < -0.3 is 19.7 Å². The summed E-state index contributed by atoms with van der Waals surface area (Å²) in [6.45, 7) is 11.0. The molecule has 1 aromatic rings. The Bertz CT molecular complexity index is 977. The first-order chi connectivity index (χ1) is 16.8. The Morgan fingerprint density at radius 1 is 1.31 bits per heavy atom. The number of halogens is 1. The fourth-order valence-electron chi connectivity index (χ4n) is 5.09. The molecule has 0 spiro atoms. The number of cyclic esters (lactones) is 1. The smallest absolute Gasteiger partial charge is 0.309 e. The second kappa shape index (κ2) is 11.6. The van der Waals surface area contributed by atoms with Gasteiger partial charge in [-0.05, 0) is 45.1 Å². The third kappa shape index (κ3) is 6.76. The van der Waals surface area contributed by atoms with E-state index in [-0.39, 0.29) is 29.8 Å². The topological polar surface area (TPSA) is 109 Å². The van der Waals surface area contributed by atoms with Crippen molar-refractivity contribution < 1.29 is 29.3 Å². The molecule has 2 saturated heterocycles. The molecule has 0 saturated carbocycles. The lowest BCUT2D eigenvalue weighted by Gasteiger charge is -2.35. The molecule has 2 aliphatic heterocycles. The van der Waals surface area contributed by atoms with Crippen LogP contribution in [0.5, 0.6) is 0 Å². The van der Waals surface area contributed by atoms with Gasteiger partial charge in [0.15, 0.2) is 0 Å².